The molecule has 0 aromatic heterocycles. The van der Waals surface area contributed by atoms with Crippen LogP contribution < -0.4 is 11.5 Å². The lowest BCUT2D eigenvalue weighted by Gasteiger charge is -2.01. The Hall–Kier alpha value is -0.120. The van der Waals surface area contributed by atoms with Crippen molar-refractivity contribution in [2.45, 2.75) is 19.0 Å². The van der Waals surface area contributed by atoms with E-state index < -0.39 is 0 Å². The average Bonchev–Trinajstić information content (AvgIpc) is 1.66. The fourth-order valence-electron chi connectivity index (χ4n) is 0.463. The minimum atomic E-state index is -0.176. The largest absolute Gasteiger partial charge is 0.385 e. The average molecular weight is 118 g/mol. The standard InChI is InChI=1S/C5H14N2O/c1-8-4-2-3-5(6)7/h5H,2-4,6-7H2,1H3. The van der Waals surface area contributed by atoms with Crippen LogP contribution in [0.25, 0.3) is 0 Å². The summed E-state index contributed by atoms with van der Waals surface area (Å²) in [5.74, 6) is 0. The third-order valence-electron chi connectivity index (χ3n) is 0.886. The molecule has 0 aromatic carbocycles. The van der Waals surface area contributed by atoms with E-state index in [0.29, 0.717) is 0 Å². The number of ether oxygens (including phenoxy) is 1. The Morgan fingerprint density at radius 2 is 2.12 bits per heavy atom. The summed E-state index contributed by atoms with van der Waals surface area (Å²) in [6.45, 7) is 0.755. The molecule has 0 heterocycles. The van der Waals surface area contributed by atoms with Crippen molar-refractivity contribution in [2.75, 3.05) is 13.7 Å². The fourth-order valence-corrected chi connectivity index (χ4v) is 0.463. The fraction of sp³-hybridized carbons (Fsp3) is 1.00. The summed E-state index contributed by atoms with van der Waals surface area (Å²) in [6, 6.07) is 0. The van der Waals surface area contributed by atoms with Crippen molar-refractivity contribution in [2.24, 2.45) is 11.5 Å². The van der Waals surface area contributed by atoms with Gasteiger partial charge >= 0.3 is 0 Å². The monoisotopic (exact) mass is 118 g/mol. The van der Waals surface area contributed by atoms with Gasteiger partial charge in [0.1, 0.15) is 0 Å². The minimum absolute atomic E-state index is 0.176. The van der Waals surface area contributed by atoms with Crippen molar-refractivity contribution in [1.29, 1.82) is 0 Å². The van der Waals surface area contributed by atoms with E-state index in [0.717, 1.165) is 19.4 Å². The van der Waals surface area contributed by atoms with E-state index >= 15 is 0 Å². The molecule has 0 aliphatic rings. The molecule has 0 rings (SSSR count). The molecule has 4 N–H and O–H groups in total. The Labute approximate surface area is 50.0 Å². The van der Waals surface area contributed by atoms with Crippen molar-refractivity contribution in [3.05, 3.63) is 0 Å². The second-order valence-corrected chi connectivity index (χ2v) is 1.80. The van der Waals surface area contributed by atoms with Gasteiger partial charge in [-0.15, -0.1) is 0 Å². The zero-order valence-corrected chi connectivity index (χ0v) is 5.26. The third kappa shape index (κ3) is 5.88. The number of nitrogens with two attached hydrogens (primary N) is 2. The Morgan fingerprint density at radius 1 is 1.50 bits per heavy atom. The minimum Gasteiger partial charge on any atom is -0.385 e. The topological polar surface area (TPSA) is 61.3 Å². The van der Waals surface area contributed by atoms with E-state index in [1.807, 2.05) is 0 Å². The Morgan fingerprint density at radius 3 is 2.50 bits per heavy atom. The molecule has 3 nitrogen and oxygen atoms in total. The Kier molecular flexibility index (Phi) is 4.95. The first-order chi connectivity index (χ1) is 3.77. The van der Waals surface area contributed by atoms with E-state index in [-0.39, 0.29) is 6.17 Å². The van der Waals surface area contributed by atoms with Crippen LogP contribution in [-0.2, 0) is 4.74 Å². The van der Waals surface area contributed by atoms with Gasteiger partial charge in [0.05, 0.1) is 6.17 Å². The molecular weight excluding hydrogens is 104 g/mol. The molecule has 0 radical (unpaired) electrons. The molecule has 50 valence electrons. The van der Waals surface area contributed by atoms with E-state index in [4.69, 9.17) is 16.2 Å². The number of methoxy groups -OCH3 is 1. The summed E-state index contributed by atoms with van der Waals surface area (Å²) in [6.07, 6.45) is 1.62. The first-order valence-corrected chi connectivity index (χ1v) is 2.77. The molecule has 0 aliphatic carbocycles. The van der Waals surface area contributed by atoms with Gasteiger partial charge in [0.25, 0.3) is 0 Å². The smallest absolute Gasteiger partial charge is 0.0521 e. The van der Waals surface area contributed by atoms with Gasteiger partial charge in [0.2, 0.25) is 0 Å². The van der Waals surface area contributed by atoms with Crippen LogP contribution in [0.2, 0.25) is 0 Å². The third-order valence-corrected chi connectivity index (χ3v) is 0.886. The summed E-state index contributed by atoms with van der Waals surface area (Å²) in [7, 11) is 1.67. The molecular formula is C5H14N2O. The maximum atomic E-state index is 5.26. The van der Waals surface area contributed by atoms with Crippen LogP contribution in [0.5, 0.6) is 0 Å². The van der Waals surface area contributed by atoms with Crippen molar-refractivity contribution in [1.82, 2.24) is 0 Å². The summed E-state index contributed by atoms with van der Waals surface area (Å²) in [4.78, 5) is 0. The molecule has 0 aliphatic heterocycles. The van der Waals surface area contributed by atoms with Gasteiger partial charge in [-0.1, -0.05) is 0 Å². The Balaban J connectivity index is 2.72. The van der Waals surface area contributed by atoms with Gasteiger partial charge in [0.15, 0.2) is 0 Å². The lowest BCUT2D eigenvalue weighted by atomic mass is 10.3. The van der Waals surface area contributed by atoms with Crippen LogP contribution in [-0.4, -0.2) is 19.9 Å². The molecule has 0 atom stereocenters. The van der Waals surface area contributed by atoms with Gasteiger partial charge in [0, 0.05) is 13.7 Å². The van der Waals surface area contributed by atoms with E-state index in [2.05, 4.69) is 0 Å². The quantitative estimate of drug-likeness (QED) is 0.392. The highest BCUT2D eigenvalue weighted by atomic mass is 16.5. The molecule has 3 heteroatoms. The van der Waals surface area contributed by atoms with Gasteiger partial charge in [-0.2, -0.15) is 0 Å². The van der Waals surface area contributed by atoms with Gasteiger partial charge in [-0.05, 0) is 12.8 Å². The number of rotatable bonds is 4. The first-order valence-electron chi connectivity index (χ1n) is 2.77. The SMILES string of the molecule is COCCCC(N)N. The molecule has 8 heavy (non-hydrogen) atoms. The highest BCUT2D eigenvalue weighted by Gasteiger charge is 1.91. The molecule has 0 saturated carbocycles. The highest BCUT2D eigenvalue weighted by molar-refractivity contribution is 4.48. The second-order valence-electron chi connectivity index (χ2n) is 1.80. The number of hydrogen-bond acceptors (Lipinski definition) is 3. The summed E-state index contributed by atoms with van der Waals surface area (Å²) < 4.78 is 4.78. The van der Waals surface area contributed by atoms with Crippen LogP contribution in [0.3, 0.4) is 0 Å². The molecule has 0 amide bonds. The molecule has 0 fully saturated rings. The zero-order valence-electron chi connectivity index (χ0n) is 5.26. The second kappa shape index (κ2) is 5.03. The normalized spacial score (nSPS) is 10.5. The van der Waals surface area contributed by atoms with Gasteiger partial charge in [-0.25, -0.2) is 0 Å². The van der Waals surface area contributed by atoms with E-state index in [9.17, 15) is 0 Å². The maximum absolute atomic E-state index is 5.26. The van der Waals surface area contributed by atoms with Crippen LogP contribution in [0.15, 0.2) is 0 Å². The zero-order chi connectivity index (χ0) is 6.41. The summed E-state index contributed by atoms with van der Waals surface area (Å²) in [5.41, 5.74) is 10.5. The van der Waals surface area contributed by atoms with Crippen molar-refractivity contribution in [3.63, 3.8) is 0 Å². The highest BCUT2D eigenvalue weighted by Crippen LogP contribution is 1.87. The van der Waals surface area contributed by atoms with E-state index in [1.54, 1.807) is 7.11 Å². The number of hydrogen-bond donors (Lipinski definition) is 2. The van der Waals surface area contributed by atoms with Crippen LogP contribution >= 0.6 is 0 Å². The summed E-state index contributed by atoms with van der Waals surface area (Å²) in [5, 5.41) is 0. The van der Waals surface area contributed by atoms with Crippen molar-refractivity contribution >= 4 is 0 Å². The molecule has 0 saturated heterocycles. The summed E-state index contributed by atoms with van der Waals surface area (Å²) >= 11 is 0. The van der Waals surface area contributed by atoms with Crippen molar-refractivity contribution < 1.29 is 4.74 Å². The van der Waals surface area contributed by atoms with Crippen LogP contribution in [0.4, 0.5) is 0 Å². The van der Waals surface area contributed by atoms with Crippen LogP contribution in [0, 0.1) is 0 Å². The van der Waals surface area contributed by atoms with E-state index in [1.165, 1.54) is 0 Å². The Bertz CT molecular complexity index is 47.7. The first kappa shape index (κ1) is 7.88. The molecule has 0 unspecified atom stereocenters. The van der Waals surface area contributed by atoms with Gasteiger partial charge in [-0.3, -0.25) is 0 Å². The predicted molar refractivity (Wildman–Crippen MR) is 33.3 cm³/mol. The molecule has 0 aromatic rings. The predicted octanol–water partition coefficient (Wildman–Crippen LogP) is -0.343. The lowest BCUT2D eigenvalue weighted by molar-refractivity contribution is 0.190. The van der Waals surface area contributed by atoms with Crippen LogP contribution in [0.1, 0.15) is 12.8 Å². The molecule has 0 spiro atoms. The molecule has 0 bridgehead atoms. The van der Waals surface area contributed by atoms with Crippen molar-refractivity contribution in [3.8, 4) is 0 Å². The lowest BCUT2D eigenvalue weighted by Crippen LogP contribution is -2.30. The van der Waals surface area contributed by atoms with Gasteiger partial charge < -0.3 is 16.2 Å². The maximum Gasteiger partial charge on any atom is 0.0521 e.